The van der Waals surface area contributed by atoms with Gasteiger partial charge in [-0.15, -0.1) is 6.42 Å². The van der Waals surface area contributed by atoms with E-state index in [9.17, 15) is 9.59 Å². The van der Waals surface area contributed by atoms with Crippen molar-refractivity contribution in [2.24, 2.45) is 10.9 Å². The molecule has 150 valence electrons. The molecule has 5 nitrogen and oxygen atoms in total. The van der Waals surface area contributed by atoms with Crippen LogP contribution in [0, 0.1) is 18.3 Å². The number of hydrogen-bond acceptors (Lipinski definition) is 5. The summed E-state index contributed by atoms with van der Waals surface area (Å²) in [6.45, 7) is 0.0601. The first-order chi connectivity index (χ1) is 14.0. The second-order valence-corrected chi connectivity index (χ2v) is 7.95. The van der Waals surface area contributed by atoms with E-state index in [-0.39, 0.29) is 24.1 Å². The van der Waals surface area contributed by atoms with Crippen LogP contribution in [-0.4, -0.2) is 31.0 Å². The van der Waals surface area contributed by atoms with Gasteiger partial charge in [-0.3, -0.25) is 14.6 Å². The largest absolute Gasteiger partial charge is 0.493 e. The Hall–Kier alpha value is -2.58. The van der Waals surface area contributed by atoms with Crippen molar-refractivity contribution in [1.82, 2.24) is 0 Å². The Kier molecular flexibility index (Phi) is 5.47. The average molecular weight is 412 g/mol. The highest BCUT2D eigenvalue weighted by molar-refractivity contribution is 6.32. The lowest BCUT2D eigenvalue weighted by atomic mass is 9.67. The van der Waals surface area contributed by atoms with Crippen molar-refractivity contribution in [2.45, 2.75) is 44.4 Å². The minimum absolute atomic E-state index is 0.0601. The molecule has 29 heavy (non-hydrogen) atoms. The first-order valence-electron chi connectivity index (χ1n) is 9.85. The van der Waals surface area contributed by atoms with Crippen LogP contribution in [0.25, 0.3) is 0 Å². The molecule has 0 bridgehead atoms. The van der Waals surface area contributed by atoms with Gasteiger partial charge < -0.3 is 9.47 Å². The normalized spacial score (nSPS) is 23.7. The summed E-state index contributed by atoms with van der Waals surface area (Å²) in [6.07, 6.45) is 9.42. The molecule has 1 saturated carbocycles. The van der Waals surface area contributed by atoms with E-state index in [1.165, 1.54) is 7.11 Å². The molecule has 1 heterocycles. The van der Waals surface area contributed by atoms with Crippen LogP contribution in [0.3, 0.4) is 0 Å². The zero-order chi connectivity index (χ0) is 20.5. The van der Waals surface area contributed by atoms with Gasteiger partial charge in [0.2, 0.25) is 0 Å². The van der Waals surface area contributed by atoms with Crippen molar-refractivity contribution >= 4 is 28.9 Å². The van der Waals surface area contributed by atoms with Crippen LogP contribution in [0.5, 0.6) is 11.5 Å². The van der Waals surface area contributed by atoms with Gasteiger partial charge in [0.1, 0.15) is 12.4 Å². The molecule has 6 heteroatoms. The third-order valence-corrected chi connectivity index (χ3v) is 6.11. The quantitative estimate of drug-likeness (QED) is 0.694. The minimum Gasteiger partial charge on any atom is -0.493 e. The minimum atomic E-state index is -0.414. The maximum absolute atomic E-state index is 12.9. The van der Waals surface area contributed by atoms with Gasteiger partial charge in [0.05, 0.1) is 18.1 Å². The van der Waals surface area contributed by atoms with E-state index < -0.39 is 5.92 Å². The summed E-state index contributed by atoms with van der Waals surface area (Å²) in [5, 5.41) is 0.340. The van der Waals surface area contributed by atoms with Gasteiger partial charge in [0.15, 0.2) is 17.3 Å². The second kappa shape index (κ2) is 8.04. The van der Waals surface area contributed by atoms with Gasteiger partial charge in [0, 0.05) is 35.7 Å². The van der Waals surface area contributed by atoms with Crippen molar-refractivity contribution in [3.05, 3.63) is 34.0 Å². The van der Waals surface area contributed by atoms with Crippen LogP contribution in [0.2, 0.25) is 5.02 Å². The van der Waals surface area contributed by atoms with Crippen molar-refractivity contribution < 1.29 is 19.1 Å². The summed E-state index contributed by atoms with van der Waals surface area (Å²) >= 11 is 6.50. The summed E-state index contributed by atoms with van der Waals surface area (Å²) in [5.41, 5.74) is 3.16. The van der Waals surface area contributed by atoms with Crippen molar-refractivity contribution in [2.75, 3.05) is 13.7 Å². The fraction of sp³-hybridized carbons (Fsp3) is 0.435. The first-order valence-corrected chi connectivity index (χ1v) is 10.2. The molecule has 1 unspecified atom stereocenters. The zero-order valence-electron chi connectivity index (χ0n) is 16.3. The smallest absolute Gasteiger partial charge is 0.181 e. The summed E-state index contributed by atoms with van der Waals surface area (Å²) < 4.78 is 11.0. The third-order valence-electron chi connectivity index (χ3n) is 5.82. The predicted molar refractivity (Wildman–Crippen MR) is 111 cm³/mol. The number of ketones is 2. The number of carbonyl (C=O) groups excluding carboxylic acids is 2. The van der Waals surface area contributed by atoms with E-state index in [1.54, 1.807) is 12.1 Å². The van der Waals surface area contributed by atoms with Gasteiger partial charge in [-0.25, -0.2) is 0 Å². The average Bonchev–Trinajstić information content (AvgIpc) is 2.71. The molecule has 1 aromatic rings. The molecule has 0 saturated heterocycles. The number of carbonyl (C=O) groups is 2. The molecular weight excluding hydrogens is 390 g/mol. The number of methoxy groups -OCH3 is 1. The molecule has 0 radical (unpaired) electrons. The van der Waals surface area contributed by atoms with Crippen LogP contribution >= 0.6 is 11.6 Å². The fourth-order valence-corrected chi connectivity index (χ4v) is 4.91. The molecule has 3 aliphatic rings. The Morgan fingerprint density at radius 1 is 1.17 bits per heavy atom. The number of nitrogens with zero attached hydrogens (tertiary/aromatic N) is 1. The highest BCUT2D eigenvalue weighted by atomic mass is 35.5. The van der Waals surface area contributed by atoms with Crippen molar-refractivity contribution in [3.63, 3.8) is 0 Å². The molecule has 1 aliphatic heterocycles. The predicted octanol–water partition coefficient (Wildman–Crippen LogP) is 4.28. The number of hydrogen-bond donors (Lipinski definition) is 0. The van der Waals surface area contributed by atoms with Gasteiger partial charge in [0.25, 0.3) is 0 Å². The van der Waals surface area contributed by atoms with Crippen molar-refractivity contribution in [3.8, 4) is 23.8 Å². The monoisotopic (exact) mass is 411 g/mol. The number of terminal acetylenes is 1. The van der Waals surface area contributed by atoms with E-state index in [2.05, 4.69) is 5.92 Å². The molecule has 0 spiro atoms. The van der Waals surface area contributed by atoms with E-state index in [0.29, 0.717) is 34.9 Å². The highest BCUT2D eigenvalue weighted by Gasteiger charge is 2.44. The lowest BCUT2D eigenvalue weighted by molar-refractivity contribution is -0.122. The molecule has 2 atom stereocenters. The van der Waals surface area contributed by atoms with Crippen LogP contribution < -0.4 is 9.47 Å². The summed E-state index contributed by atoms with van der Waals surface area (Å²) in [6, 6.07) is 3.57. The standard InChI is InChI=1S/C23H22ClNO4/c1-3-10-29-23-14(24)11-13(12-19(23)28-2)20-21-15(6-4-8-17(21)26)25-16-7-5-9-18(27)22(16)20/h1,11-12,20-21H,4-10H2,2H3/t20-,21?/m0/s1. The molecule has 1 fully saturated rings. The number of fused-ring (bicyclic) bond motifs is 1. The van der Waals surface area contributed by atoms with E-state index >= 15 is 0 Å². The number of aliphatic imine (C=N–C) groups is 1. The summed E-state index contributed by atoms with van der Waals surface area (Å²) in [7, 11) is 1.52. The number of rotatable bonds is 4. The van der Waals surface area contributed by atoms with E-state index in [4.69, 9.17) is 32.5 Å². The second-order valence-electron chi connectivity index (χ2n) is 7.54. The molecule has 0 N–H and O–H groups in total. The molecule has 0 aromatic heterocycles. The first kappa shape index (κ1) is 19.7. The molecule has 4 rings (SSSR count). The molecule has 0 amide bonds. The highest BCUT2D eigenvalue weighted by Crippen LogP contribution is 2.48. The fourth-order valence-electron chi connectivity index (χ4n) is 4.63. The Bertz CT molecular complexity index is 985. The van der Waals surface area contributed by atoms with Gasteiger partial charge in [-0.2, -0.15) is 0 Å². The Labute approximate surface area is 175 Å². The number of allylic oxidation sites excluding steroid dienone is 2. The molecule has 2 aliphatic carbocycles. The van der Waals surface area contributed by atoms with Crippen LogP contribution in [0.15, 0.2) is 28.4 Å². The van der Waals surface area contributed by atoms with E-state index in [1.807, 2.05) is 0 Å². The number of ether oxygens (including phenoxy) is 2. The van der Waals surface area contributed by atoms with Gasteiger partial charge in [-0.05, 0) is 43.4 Å². The lowest BCUT2D eigenvalue weighted by Crippen LogP contribution is -2.39. The Morgan fingerprint density at radius 2 is 1.97 bits per heavy atom. The van der Waals surface area contributed by atoms with Crippen LogP contribution in [0.1, 0.15) is 50.0 Å². The van der Waals surface area contributed by atoms with Gasteiger partial charge in [-0.1, -0.05) is 17.5 Å². The molecule has 1 aromatic carbocycles. The molecular formula is C23H22ClNO4. The van der Waals surface area contributed by atoms with Gasteiger partial charge >= 0.3 is 0 Å². The van der Waals surface area contributed by atoms with Crippen molar-refractivity contribution in [1.29, 1.82) is 0 Å². The maximum atomic E-state index is 12.9. The zero-order valence-corrected chi connectivity index (χ0v) is 17.1. The number of halogens is 1. The third kappa shape index (κ3) is 3.47. The number of benzene rings is 1. The summed E-state index contributed by atoms with van der Waals surface area (Å²) in [5.74, 6) is 2.61. The maximum Gasteiger partial charge on any atom is 0.181 e. The topological polar surface area (TPSA) is 65.0 Å². The van der Waals surface area contributed by atoms with E-state index in [0.717, 1.165) is 42.7 Å². The Morgan fingerprint density at radius 3 is 2.72 bits per heavy atom. The number of Topliss-reactive ketones (excluding diaryl/α,β-unsaturated/α-hetero) is 2. The van der Waals surface area contributed by atoms with Crippen LogP contribution in [-0.2, 0) is 9.59 Å². The lowest BCUT2D eigenvalue weighted by Gasteiger charge is -2.38. The Balaban J connectivity index is 1.87. The SMILES string of the molecule is C#CCOc1c(Cl)cc([C@@H]2C3=C(CCCC3=O)N=C3CCCC(=O)C32)cc1OC. The van der Waals surface area contributed by atoms with Crippen LogP contribution in [0.4, 0.5) is 0 Å². The summed E-state index contributed by atoms with van der Waals surface area (Å²) in [4.78, 5) is 30.6.